The highest BCUT2D eigenvalue weighted by molar-refractivity contribution is 6.30. The van der Waals surface area contributed by atoms with E-state index in [4.69, 9.17) is 16.6 Å². The normalized spacial score (nSPS) is 17.2. The van der Waals surface area contributed by atoms with Crippen molar-refractivity contribution in [3.8, 4) is 11.1 Å². The minimum absolute atomic E-state index is 0.326. The van der Waals surface area contributed by atoms with Gasteiger partial charge in [0.1, 0.15) is 0 Å². The van der Waals surface area contributed by atoms with Gasteiger partial charge in [-0.3, -0.25) is 4.99 Å². The van der Waals surface area contributed by atoms with E-state index in [-0.39, 0.29) is 0 Å². The molecule has 0 spiro atoms. The van der Waals surface area contributed by atoms with Crippen molar-refractivity contribution >= 4 is 23.5 Å². The Kier molecular flexibility index (Phi) is 3.98. The number of benzodiazepines with no additional fused rings is 1. The van der Waals surface area contributed by atoms with Crippen molar-refractivity contribution in [2.24, 2.45) is 10.9 Å². The van der Waals surface area contributed by atoms with Crippen LogP contribution in [0.2, 0.25) is 5.02 Å². The van der Waals surface area contributed by atoms with E-state index >= 15 is 0 Å². The SMILES string of the molecule is CC(C)[C@H]1CNc2ccc(-c3cccc(Cl)c3)cc2C=N1. The highest BCUT2D eigenvalue weighted by Gasteiger charge is 2.15. The summed E-state index contributed by atoms with van der Waals surface area (Å²) in [6, 6.07) is 14.7. The largest absolute Gasteiger partial charge is 0.382 e. The molecule has 0 aromatic heterocycles. The summed E-state index contributed by atoms with van der Waals surface area (Å²) in [5.74, 6) is 0.537. The maximum Gasteiger partial charge on any atom is 0.0694 e. The van der Waals surface area contributed by atoms with Crippen LogP contribution < -0.4 is 5.32 Å². The second-order valence-electron chi connectivity index (χ2n) is 5.78. The first-order chi connectivity index (χ1) is 10.1. The number of anilines is 1. The molecule has 0 unspecified atom stereocenters. The third-order valence-corrected chi connectivity index (χ3v) is 4.12. The third-order valence-electron chi connectivity index (χ3n) is 3.89. The van der Waals surface area contributed by atoms with Crippen LogP contribution in [0, 0.1) is 5.92 Å². The van der Waals surface area contributed by atoms with Crippen molar-refractivity contribution in [2.45, 2.75) is 19.9 Å². The van der Waals surface area contributed by atoms with Gasteiger partial charge in [0.2, 0.25) is 0 Å². The molecular formula is C18H19ClN2. The molecule has 2 aromatic carbocycles. The Morgan fingerprint density at radius 2 is 1.95 bits per heavy atom. The molecule has 1 aliphatic rings. The van der Waals surface area contributed by atoms with Crippen molar-refractivity contribution < 1.29 is 0 Å². The fraction of sp³-hybridized carbons (Fsp3) is 0.278. The van der Waals surface area contributed by atoms with Crippen LogP contribution in [0.25, 0.3) is 11.1 Å². The van der Waals surface area contributed by atoms with Crippen LogP contribution in [-0.4, -0.2) is 18.8 Å². The van der Waals surface area contributed by atoms with E-state index in [0.29, 0.717) is 12.0 Å². The Balaban J connectivity index is 1.96. The molecule has 0 amide bonds. The van der Waals surface area contributed by atoms with Gasteiger partial charge in [-0.1, -0.05) is 43.6 Å². The lowest BCUT2D eigenvalue weighted by atomic mass is 10.0. The van der Waals surface area contributed by atoms with Crippen molar-refractivity contribution in [2.75, 3.05) is 11.9 Å². The molecule has 0 radical (unpaired) electrons. The number of benzene rings is 2. The molecule has 0 aliphatic carbocycles. The molecule has 1 aliphatic heterocycles. The molecule has 0 bridgehead atoms. The molecule has 0 saturated heterocycles. The van der Waals surface area contributed by atoms with Gasteiger partial charge in [0.15, 0.2) is 0 Å². The second-order valence-corrected chi connectivity index (χ2v) is 6.22. The van der Waals surface area contributed by atoms with Crippen molar-refractivity contribution in [3.05, 3.63) is 53.1 Å². The Bertz CT molecular complexity index is 677. The van der Waals surface area contributed by atoms with E-state index in [1.807, 2.05) is 24.4 Å². The first-order valence-corrected chi connectivity index (χ1v) is 7.68. The van der Waals surface area contributed by atoms with Crippen LogP contribution in [0.5, 0.6) is 0 Å². The van der Waals surface area contributed by atoms with Gasteiger partial charge in [0.25, 0.3) is 0 Å². The average Bonchev–Trinajstić information content (AvgIpc) is 2.69. The lowest BCUT2D eigenvalue weighted by Gasteiger charge is -2.15. The summed E-state index contributed by atoms with van der Waals surface area (Å²) in [4.78, 5) is 4.70. The molecule has 1 atom stereocenters. The van der Waals surface area contributed by atoms with Crippen LogP contribution in [0.4, 0.5) is 5.69 Å². The zero-order valence-electron chi connectivity index (χ0n) is 12.3. The molecule has 1 N–H and O–H groups in total. The van der Waals surface area contributed by atoms with Crippen LogP contribution in [0.1, 0.15) is 19.4 Å². The minimum atomic E-state index is 0.326. The number of hydrogen-bond acceptors (Lipinski definition) is 2. The quantitative estimate of drug-likeness (QED) is 0.840. The van der Waals surface area contributed by atoms with Gasteiger partial charge >= 0.3 is 0 Å². The van der Waals surface area contributed by atoms with E-state index in [9.17, 15) is 0 Å². The average molecular weight is 299 g/mol. The van der Waals surface area contributed by atoms with Crippen LogP contribution in [0.15, 0.2) is 47.5 Å². The number of aliphatic imine (C=N–C) groups is 1. The second kappa shape index (κ2) is 5.90. The van der Waals surface area contributed by atoms with E-state index in [0.717, 1.165) is 33.9 Å². The first-order valence-electron chi connectivity index (χ1n) is 7.30. The van der Waals surface area contributed by atoms with Crippen LogP contribution >= 0.6 is 11.6 Å². The Morgan fingerprint density at radius 3 is 2.71 bits per heavy atom. The monoisotopic (exact) mass is 298 g/mol. The number of fused-ring (bicyclic) bond motifs is 1. The smallest absolute Gasteiger partial charge is 0.0694 e. The Labute approximate surface area is 130 Å². The first kappa shape index (κ1) is 14.2. The maximum absolute atomic E-state index is 6.08. The summed E-state index contributed by atoms with van der Waals surface area (Å²) in [6.07, 6.45) is 1.99. The van der Waals surface area contributed by atoms with Crippen molar-refractivity contribution in [1.29, 1.82) is 0 Å². The van der Waals surface area contributed by atoms with Gasteiger partial charge in [-0.2, -0.15) is 0 Å². The van der Waals surface area contributed by atoms with Crippen molar-refractivity contribution in [1.82, 2.24) is 0 Å². The summed E-state index contributed by atoms with van der Waals surface area (Å²) in [5.41, 5.74) is 4.57. The van der Waals surface area contributed by atoms with E-state index < -0.39 is 0 Å². The molecule has 3 heteroatoms. The predicted octanol–water partition coefficient (Wildman–Crippen LogP) is 4.88. The summed E-state index contributed by atoms with van der Waals surface area (Å²) in [7, 11) is 0. The lowest BCUT2D eigenvalue weighted by molar-refractivity contribution is 0.517. The lowest BCUT2D eigenvalue weighted by Crippen LogP contribution is -2.22. The molecule has 21 heavy (non-hydrogen) atoms. The zero-order valence-corrected chi connectivity index (χ0v) is 13.1. The highest BCUT2D eigenvalue weighted by Crippen LogP contribution is 2.27. The van der Waals surface area contributed by atoms with Gasteiger partial charge < -0.3 is 5.32 Å². The molecule has 0 fully saturated rings. The number of nitrogens with one attached hydrogen (secondary N) is 1. The standard InChI is InChI=1S/C18H19ClN2/c1-12(2)18-11-21-17-7-6-14(8-15(17)10-20-18)13-4-3-5-16(19)9-13/h3-10,12,18,21H,11H2,1-2H3/t18-/m1/s1. The van der Waals surface area contributed by atoms with Gasteiger partial charge in [-0.05, 0) is 41.3 Å². The highest BCUT2D eigenvalue weighted by atomic mass is 35.5. The molecule has 1 heterocycles. The van der Waals surface area contributed by atoms with E-state index in [2.05, 4.69) is 43.4 Å². The Hall–Kier alpha value is -1.80. The number of hydrogen-bond donors (Lipinski definition) is 1. The topological polar surface area (TPSA) is 24.4 Å². The third kappa shape index (κ3) is 3.11. The Morgan fingerprint density at radius 1 is 1.14 bits per heavy atom. The summed E-state index contributed by atoms with van der Waals surface area (Å²) in [6.45, 7) is 5.30. The number of nitrogens with zero attached hydrogens (tertiary/aromatic N) is 1. The number of halogens is 1. The van der Waals surface area contributed by atoms with Gasteiger partial charge in [0, 0.05) is 29.0 Å². The molecular weight excluding hydrogens is 280 g/mol. The minimum Gasteiger partial charge on any atom is -0.382 e. The molecule has 0 saturated carbocycles. The molecule has 3 rings (SSSR count). The predicted molar refractivity (Wildman–Crippen MR) is 91.6 cm³/mol. The van der Waals surface area contributed by atoms with Crippen LogP contribution in [0.3, 0.4) is 0 Å². The van der Waals surface area contributed by atoms with Gasteiger partial charge in [-0.15, -0.1) is 0 Å². The van der Waals surface area contributed by atoms with Crippen molar-refractivity contribution in [3.63, 3.8) is 0 Å². The summed E-state index contributed by atoms with van der Waals surface area (Å²) in [5, 5.41) is 4.25. The van der Waals surface area contributed by atoms with E-state index in [1.165, 1.54) is 0 Å². The van der Waals surface area contributed by atoms with Gasteiger partial charge in [-0.25, -0.2) is 0 Å². The molecule has 2 nitrogen and oxygen atoms in total. The summed E-state index contributed by atoms with van der Waals surface area (Å²) < 4.78 is 0. The van der Waals surface area contributed by atoms with Crippen LogP contribution in [-0.2, 0) is 0 Å². The van der Waals surface area contributed by atoms with E-state index in [1.54, 1.807) is 0 Å². The number of rotatable bonds is 2. The molecule has 108 valence electrons. The maximum atomic E-state index is 6.08. The van der Waals surface area contributed by atoms with Gasteiger partial charge in [0.05, 0.1) is 6.04 Å². The zero-order chi connectivity index (χ0) is 14.8. The fourth-order valence-electron chi connectivity index (χ4n) is 2.53. The molecule has 2 aromatic rings. The summed E-state index contributed by atoms with van der Waals surface area (Å²) >= 11 is 6.08. The fourth-order valence-corrected chi connectivity index (χ4v) is 2.72.